The van der Waals surface area contributed by atoms with Gasteiger partial charge in [0.15, 0.2) is 0 Å². The van der Waals surface area contributed by atoms with Crippen LogP contribution in [0.5, 0.6) is 0 Å². The van der Waals surface area contributed by atoms with Crippen molar-refractivity contribution in [1.82, 2.24) is 4.72 Å². The molecule has 1 aromatic heterocycles. The van der Waals surface area contributed by atoms with Gasteiger partial charge in [0.1, 0.15) is 9.09 Å². The molecule has 106 valence electrons. The molecular formula is C11H15NO5S2. The molecule has 0 amide bonds. The Bertz CT molecular complexity index is 535. The monoisotopic (exact) mass is 305 g/mol. The zero-order valence-corrected chi connectivity index (χ0v) is 11.8. The molecule has 0 radical (unpaired) electrons. The third kappa shape index (κ3) is 5.11. The van der Waals surface area contributed by atoms with Crippen LogP contribution in [-0.2, 0) is 14.8 Å². The van der Waals surface area contributed by atoms with Crippen molar-refractivity contribution in [3.63, 3.8) is 0 Å². The number of rotatable bonds is 9. The van der Waals surface area contributed by atoms with E-state index in [9.17, 15) is 13.2 Å². The van der Waals surface area contributed by atoms with Crippen LogP contribution in [0, 0.1) is 0 Å². The van der Waals surface area contributed by atoms with Gasteiger partial charge in [-0.05, 0) is 18.6 Å². The average Bonchev–Trinajstić information content (AvgIpc) is 2.84. The van der Waals surface area contributed by atoms with Gasteiger partial charge in [-0.3, -0.25) is 0 Å². The first kappa shape index (κ1) is 15.8. The van der Waals surface area contributed by atoms with Crippen LogP contribution in [-0.4, -0.2) is 39.3 Å². The fourth-order valence-corrected chi connectivity index (χ4v) is 3.37. The Hall–Kier alpha value is -1.22. The average molecular weight is 305 g/mol. The lowest BCUT2D eigenvalue weighted by molar-refractivity contribution is 0.0702. The van der Waals surface area contributed by atoms with E-state index in [2.05, 4.69) is 11.3 Å². The molecule has 0 aliphatic rings. The fourth-order valence-electron chi connectivity index (χ4n) is 1.17. The number of carboxylic acid groups (broad SMARTS) is 1. The number of aromatic carboxylic acids is 1. The van der Waals surface area contributed by atoms with Crippen LogP contribution in [0.25, 0.3) is 0 Å². The van der Waals surface area contributed by atoms with Crippen LogP contribution in [0.3, 0.4) is 0 Å². The zero-order valence-electron chi connectivity index (χ0n) is 10.2. The van der Waals surface area contributed by atoms with E-state index in [1.165, 1.54) is 12.1 Å². The Morgan fingerprint density at radius 1 is 1.47 bits per heavy atom. The molecule has 1 aromatic rings. The van der Waals surface area contributed by atoms with E-state index >= 15 is 0 Å². The van der Waals surface area contributed by atoms with Gasteiger partial charge >= 0.3 is 5.97 Å². The van der Waals surface area contributed by atoms with Gasteiger partial charge in [-0.2, -0.15) is 0 Å². The van der Waals surface area contributed by atoms with E-state index < -0.39 is 16.0 Å². The van der Waals surface area contributed by atoms with Gasteiger partial charge in [0.05, 0.1) is 13.2 Å². The number of hydrogen-bond donors (Lipinski definition) is 2. The van der Waals surface area contributed by atoms with Crippen molar-refractivity contribution in [2.75, 3.05) is 19.8 Å². The van der Waals surface area contributed by atoms with Gasteiger partial charge in [0.25, 0.3) is 0 Å². The summed E-state index contributed by atoms with van der Waals surface area (Å²) >= 11 is 0.716. The largest absolute Gasteiger partial charge is 0.477 e. The third-order valence-electron chi connectivity index (χ3n) is 2.06. The summed E-state index contributed by atoms with van der Waals surface area (Å²) in [7, 11) is -3.66. The molecule has 0 saturated carbocycles. The standard InChI is InChI=1S/C11H15NO5S2/c1-2-3-7-17-8-6-12-19(15,16)10-5-4-9(18-10)11(13)14/h2,4-5,12H,1,3,6-8H2,(H,13,14). The maximum absolute atomic E-state index is 11.8. The highest BCUT2D eigenvalue weighted by atomic mass is 32.2. The van der Waals surface area contributed by atoms with Gasteiger partial charge < -0.3 is 9.84 Å². The quantitative estimate of drug-likeness (QED) is 0.530. The molecule has 0 saturated heterocycles. The fraction of sp³-hybridized carbons (Fsp3) is 0.364. The summed E-state index contributed by atoms with van der Waals surface area (Å²) in [5, 5.41) is 8.73. The van der Waals surface area contributed by atoms with Gasteiger partial charge in [0.2, 0.25) is 10.0 Å². The summed E-state index contributed by atoms with van der Waals surface area (Å²) in [5.74, 6) is -1.14. The van der Waals surface area contributed by atoms with Crippen LogP contribution >= 0.6 is 11.3 Å². The smallest absolute Gasteiger partial charge is 0.345 e. The second kappa shape index (κ2) is 7.39. The lowest BCUT2D eigenvalue weighted by Gasteiger charge is -2.05. The Balaban J connectivity index is 2.46. The number of carboxylic acids is 1. The molecule has 0 fully saturated rings. The second-order valence-electron chi connectivity index (χ2n) is 3.51. The molecule has 1 rings (SSSR count). The van der Waals surface area contributed by atoms with E-state index in [0.717, 1.165) is 0 Å². The first-order chi connectivity index (χ1) is 8.97. The lowest BCUT2D eigenvalue weighted by Crippen LogP contribution is -2.26. The lowest BCUT2D eigenvalue weighted by atomic mass is 10.5. The summed E-state index contributed by atoms with van der Waals surface area (Å²) in [4.78, 5) is 10.7. The number of ether oxygens (including phenoxy) is 1. The maximum atomic E-state index is 11.8. The Labute approximate surface area is 115 Å². The molecule has 1 heterocycles. The summed E-state index contributed by atoms with van der Waals surface area (Å²) < 4.78 is 31.1. The third-order valence-corrected chi connectivity index (χ3v) is 5.09. The molecule has 0 aliphatic heterocycles. The molecule has 2 N–H and O–H groups in total. The van der Waals surface area contributed by atoms with E-state index in [0.29, 0.717) is 24.4 Å². The first-order valence-corrected chi connectivity index (χ1v) is 7.79. The van der Waals surface area contributed by atoms with Crippen molar-refractivity contribution in [3.05, 3.63) is 29.7 Å². The van der Waals surface area contributed by atoms with Gasteiger partial charge in [0, 0.05) is 6.54 Å². The minimum Gasteiger partial charge on any atom is -0.477 e. The second-order valence-corrected chi connectivity index (χ2v) is 6.59. The molecule has 19 heavy (non-hydrogen) atoms. The highest BCUT2D eigenvalue weighted by Gasteiger charge is 2.18. The molecule has 0 atom stereocenters. The van der Waals surface area contributed by atoms with Gasteiger partial charge in [-0.25, -0.2) is 17.9 Å². The van der Waals surface area contributed by atoms with Crippen LogP contribution in [0.2, 0.25) is 0 Å². The topological polar surface area (TPSA) is 92.7 Å². The predicted molar refractivity (Wildman–Crippen MR) is 72.1 cm³/mol. The van der Waals surface area contributed by atoms with E-state index in [4.69, 9.17) is 9.84 Å². The molecule has 0 aromatic carbocycles. The molecule has 8 heteroatoms. The normalized spacial score (nSPS) is 11.4. The molecular weight excluding hydrogens is 290 g/mol. The first-order valence-electron chi connectivity index (χ1n) is 5.49. The molecule has 0 spiro atoms. The highest BCUT2D eigenvalue weighted by molar-refractivity contribution is 7.91. The number of sulfonamides is 1. The maximum Gasteiger partial charge on any atom is 0.345 e. The summed E-state index contributed by atoms with van der Waals surface area (Å²) in [6, 6.07) is 2.54. The van der Waals surface area contributed by atoms with E-state index in [-0.39, 0.29) is 22.2 Å². The summed E-state index contributed by atoms with van der Waals surface area (Å²) in [6.45, 7) is 4.42. The zero-order chi connectivity index (χ0) is 14.3. The minimum absolute atomic E-state index is 0.0115. The predicted octanol–water partition coefficient (Wildman–Crippen LogP) is 1.32. The van der Waals surface area contributed by atoms with Crippen molar-refractivity contribution < 1.29 is 23.1 Å². The highest BCUT2D eigenvalue weighted by Crippen LogP contribution is 2.21. The summed E-state index contributed by atoms with van der Waals surface area (Å²) in [6.07, 6.45) is 2.42. The summed E-state index contributed by atoms with van der Waals surface area (Å²) in [5.41, 5.74) is 0. The molecule has 0 bridgehead atoms. The molecule has 0 unspecified atom stereocenters. The van der Waals surface area contributed by atoms with Gasteiger partial charge in [-0.1, -0.05) is 6.08 Å². The SMILES string of the molecule is C=CCCOCCNS(=O)(=O)c1ccc(C(=O)O)s1. The number of nitrogens with one attached hydrogen (secondary N) is 1. The minimum atomic E-state index is -3.66. The van der Waals surface area contributed by atoms with Crippen molar-refractivity contribution in [3.8, 4) is 0 Å². The van der Waals surface area contributed by atoms with Crippen LogP contribution in [0.4, 0.5) is 0 Å². The van der Waals surface area contributed by atoms with Gasteiger partial charge in [-0.15, -0.1) is 17.9 Å². The Kier molecular flexibility index (Phi) is 6.16. The number of carbonyl (C=O) groups is 1. The number of thiophene rings is 1. The number of hydrogen-bond acceptors (Lipinski definition) is 5. The van der Waals surface area contributed by atoms with Crippen molar-refractivity contribution in [1.29, 1.82) is 0 Å². The van der Waals surface area contributed by atoms with Crippen molar-refractivity contribution in [2.45, 2.75) is 10.6 Å². The van der Waals surface area contributed by atoms with Crippen LogP contribution in [0.1, 0.15) is 16.1 Å². The Morgan fingerprint density at radius 2 is 2.21 bits per heavy atom. The van der Waals surface area contributed by atoms with E-state index in [1.54, 1.807) is 6.08 Å². The van der Waals surface area contributed by atoms with Crippen LogP contribution in [0.15, 0.2) is 29.0 Å². The van der Waals surface area contributed by atoms with Crippen molar-refractivity contribution >= 4 is 27.3 Å². The Morgan fingerprint density at radius 3 is 2.79 bits per heavy atom. The van der Waals surface area contributed by atoms with Crippen molar-refractivity contribution in [2.24, 2.45) is 0 Å². The van der Waals surface area contributed by atoms with Crippen LogP contribution < -0.4 is 4.72 Å². The molecule has 6 nitrogen and oxygen atoms in total. The van der Waals surface area contributed by atoms with E-state index in [1.807, 2.05) is 0 Å². The molecule has 0 aliphatic carbocycles.